The Labute approximate surface area is 143 Å². The van der Waals surface area contributed by atoms with Crippen molar-refractivity contribution in [3.05, 3.63) is 77.5 Å². The van der Waals surface area contributed by atoms with Crippen molar-refractivity contribution in [1.29, 1.82) is 0 Å². The Balaban J connectivity index is 1.59. The van der Waals surface area contributed by atoms with E-state index in [0.29, 0.717) is 0 Å². The lowest BCUT2D eigenvalue weighted by atomic mass is 9.98. The lowest BCUT2D eigenvalue weighted by Crippen LogP contribution is -2.28. The van der Waals surface area contributed by atoms with Gasteiger partial charge in [0.2, 0.25) is 0 Å². The quantitative estimate of drug-likeness (QED) is 0.716. The molecule has 24 heavy (non-hydrogen) atoms. The number of H-pyrrole nitrogens is 1. The molecule has 0 unspecified atom stereocenters. The van der Waals surface area contributed by atoms with E-state index in [1.165, 1.54) is 33.2 Å². The predicted octanol–water partition coefficient (Wildman–Crippen LogP) is 5.02. The highest BCUT2D eigenvalue weighted by Crippen LogP contribution is 2.30. The number of fused-ring (bicyclic) bond motifs is 1. The molecule has 1 aliphatic heterocycles. The van der Waals surface area contributed by atoms with Crippen molar-refractivity contribution in [2.75, 3.05) is 13.1 Å². The molecule has 0 atom stereocenters. The molecule has 2 aromatic carbocycles. The zero-order chi connectivity index (χ0) is 16.4. The Kier molecular flexibility index (Phi) is 4.22. The highest BCUT2D eigenvalue weighted by atomic mass is 15.1. The van der Waals surface area contributed by atoms with Gasteiger partial charge in [-0.05, 0) is 29.5 Å². The number of hydrogen-bond donors (Lipinski definition) is 1. The Morgan fingerprint density at radius 3 is 2.75 bits per heavy atom. The average molecular weight is 316 g/mol. The molecular formula is C22H24N2. The van der Waals surface area contributed by atoms with Crippen molar-refractivity contribution < 1.29 is 0 Å². The second kappa shape index (κ2) is 6.66. The van der Waals surface area contributed by atoms with Crippen LogP contribution in [0.4, 0.5) is 0 Å². The Morgan fingerprint density at radius 1 is 1.04 bits per heavy atom. The number of rotatable bonds is 4. The largest absolute Gasteiger partial charge is 0.360 e. The van der Waals surface area contributed by atoms with Gasteiger partial charge in [0.15, 0.2) is 0 Å². The van der Waals surface area contributed by atoms with Crippen LogP contribution < -0.4 is 0 Å². The van der Waals surface area contributed by atoms with Crippen molar-refractivity contribution >= 4 is 16.5 Å². The summed E-state index contributed by atoms with van der Waals surface area (Å²) in [5, 5.41) is 1.36. The van der Waals surface area contributed by atoms with Gasteiger partial charge in [0.05, 0.1) is 0 Å². The van der Waals surface area contributed by atoms with Gasteiger partial charge in [-0.2, -0.15) is 0 Å². The number of nitrogens with zero attached hydrogens (tertiary/aromatic N) is 1. The number of aromatic nitrogens is 1. The molecule has 0 saturated carbocycles. The minimum Gasteiger partial charge on any atom is -0.360 e. The van der Waals surface area contributed by atoms with Crippen LogP contribution in [0.5, 0.6) is 0 Å². The maximum absolute atomic E-state index is 3.51. The van der Waals surface area contributed by atoms with Crippen LogP contribution in [-0.4, -0.2) is 23.0 Å². The first kappa shape index (κ1) is 15.2. The van der Waals surface area contributed by atoms with Crippen LogP contribution in [-0.2, 0) is 13.0 Å². The molecule has 1 aliphatic rings. The molecule has 2 nitrogen and oxygen atoms in total. The number of aryl methyl sites for hydroxylation is 1. The molecule has 2 heteroatoms. The van der Waals surface area contributed by atoms with Gasteiger partial charge in [-0.3, -0.25) is 4.90 Å². The summed E-state index contributed by atoms with van der Waals surface area (Å²) in [6.45, 7) is 5.41. The summed E-state index contributed by atoms with van der Waals surface area (Å²) in [6, 6.07) is 17.4. The molecule has 0 spiro atoms. The number of para-hydroxylation sites is 1. The molecule has 0 saturated heterocycles. The molecule has 0 radical (unpaired) electrons. The molecule has 3 aromatic rings. The SMILES string of the molecule is CCc1cccc2c(C3=CCCN(Cc4ccccc4)C3)c[nH]c12. The van der Waals surface area contributed by atoms with Gasteiger partial charge in [-0.15, -0.1) is 0 Å². The smallest absolute Gasteiger partial charge is 0.0492 e. The van der Waals surface area contributed by atoms with E-state index in [1.54, 1.807) is 0 Å². The van der Waals surface area contributed by atoms with Crippen molar-refractivity contribution in [3.8, 4) is 0 Å². The Bertz CT molecular complexity index is 858. The van der Waals surface area contributed by atoms with Gasteiger partial charge in [-0.25, -0.2) is 0 Å². The summed E-state index contributed by atoms with van der Waals surface area (Å²) in [7, 11) is 0. The second-order valence-corrected chi connectivity index (χ2v) is 6.61. The highest BCUT2D eigenvalue weighted by Gasteiger charge is 2.17. The van der Waals surface area contributed by atoms with Crippen molar-refractivity contribution in [2.24, 2.45) is 0 Å². The maximum Gasteiger partial charge on any atom is 0.0492 e. The molecule has 1 N–H and O–H groups in total. The van der Waals surface area contributed by atoms with Crippen molar-refractivity contribution in [2.45, 2.75) is 26.3 Å². The molecule has 0 bridgehead atoms. The van der Waals surface area contributed by atoms with Gasteiger partial charge < -0.3 is 4.98 Å². The van der Waals surface area contributed by atoms with E-state index in [-0.39, 0.29) is 0 Å². The van der Waals surface area contributed by atoms with Crippen LogP contribution in [0, 0.1) is 0 Å². The first-order valence-electron chi connectivity index (χ1n) is 8.90. The fourth-order valence-corrected chi connectivity index (χ4v) is 3.75. The lowest BCUT2D eigenvalue weighted by molar-refractivity contribution is 0.296. The van der Waals surface area contributed by atoms with E-state index in [0.717, 1.165) is 32.5 Å². The average Bonchev–Trinajstić information content (AvgIpc) is 3.07. The van der Waals surface area contributed by atoms with Crippen LogP contribution in [0.1, 0.15) is 30.0 Å². The summed E-state index contributed by atoms with van der Waals surface area (Å²) in [4.78, 5) is 6.06. The molecule has 1 aromatic heterocycles. The minimum absolute atomic E-state index is 1.03. The highest BCUT2D eigenvalue weighted by molar-refractivity contribution is 5.94. The van der Waals surface area contributed by atoms with Gasteiger partial charge in [0, 0.05) is 42.3 Å². The molecule has 122 valence electrons. The summed E-state index contributed by atoms with van der Waals surface area (Å²) in [5.74, 6) is 0. The molecular weight excluding hydrogens is 292 g/mol. The number of hydrogen-bond acceptors (Lipinski definition) is 1. The molecule has 0 aliphatic carbocycles. The normalized spacial score (nSPS) is 15.6. The van der Waals surface area contributed by atoms with Crippen LogP contribution >= 0.6 is 0 Å². The Morgan fingerprint density at radius 2 is 1.92 bits per heavy atom. The monoisotopic (exact) mass is 316 g/mol. The van der Waals surface area contributed by atoms with E-state index < -0.39 is 0 Å². The van der Waals surface area contributed by atoms with E-state index in [4.69, 9.17) is 0 Å². The number of aromatic amines is 1. The third-order valence-corrected chi connectivity index (χ3v) is 5.01. The minimum atomic E-state index is 1.03. The van der Waals surface area contributed by atoms with Gasteiger partial charge in [0.1, 0.15) is 0 Å². The Hall–Kier alpha value is -2.32. The first-order valence-corrected chi connectivity index (χ1v) is 8.90. The second-order valence-electron chi connectivity index (χ2n) is 6.61. The summed E-state index contributed by atoms with van der Waals surface area (Å²) in [5.41, 5.74) is 6.92. The van der Waals surface area contributed by atoms with E-state index in [1.807, 2.05) is 0 Å². The van der Waals surface area contributed by atoms with E-state index in [2.05, 4.69) is 77.6 Å². The third-order valence-electron chi connectivity index (χ3n) is 5.01. The first-order chi connectivity index (χ1) is 11.8. The van der Waals surface area contributed by atoms with Crippen LogP contribution in [0.15, 0.2) is 60.8 Å². The summed E-state index contributed by atoms with van der Waals surface area (Å²) < 4.78 is 0. The third kappa shape index (κ3) is 2.90. The standard InChI is InChI=1S/C22H24N2/c1-2-18-10-6-12-20-21(14-23-22(18)20)19-11-7-13-24(16-19)15-17-8-4-3-5-9-17/h3-6,8-12,14,23H,2,7,13,15-16H2,1H3. The van der Waals surface area contributed by atoms with Gasteiger partial charge in [-0.1, -0.05) is 61.5 Å². The topological polar surface area (TPSA) is 19.0 Å². The van der Waals surface area contributed by atoms with Gasteiger partial charge in [0.25, 0.3) is 0 Å². The van der Waals surface area contributed by atoms with E-state index in [9.17, 15) is 0 Å². The van der Waals surface area contributed by atoms with Crippen LogP contribution in [0.25, 0.3) is 16.5 Å². The summed E-state index contributed by atoms with van der Waals surface area (Å²) >= 11 is 0. The predicted molar refractivity (Wildman–Crippen MR) is 102 cm³/mol. The zero-order valence-corrected chi connectivity index (χ0v) is 14.3. The number of nitrogens with one attached hydrogen (secondary N) is 1. The van der Waals surface area contributed by atoms with Crippen molar-refractivity contribution in [1.82, 2.24) is 9.88 Å². The van der Waals surface area contributed by atoms with Crippen LogP contribution in [0.3, 0.4) is 0 Å². The fraction of sp³-hybridized carbons (Fsp3) is 0.273. The maximum atomic E-state index is 3.51. The molecule has 2 heterocycles. The number of benzene rings is 2. The molecule has 4 rings (SSSR count). The van der Waals surface area contributed by atoms with Crippen LogP contribution in [0.2, 0.25) is 0 Å². The molecule has 0 fully saturated rings. The van der Waals surface area contributed by atoms with Gasteiger partial charge >= 0.3 is 0 Å². The lowest BCUT2D eigenvalue weighted by Gasteiger charge is -2.27. The van der Waals surface area contributed by atoms with E-state index >= 15 is 0 Å². The fourth-order valence-electron chi connectivity index (χ4n) is 3.75. The molecule has 0 amide bonds. The summed E-state index contributed by atoms with van der Waals surface area (Å²) in [6.07, 6.45) is 6.81. The zero-order valence-electron chi connectivity index (χ0n) is 14.3. The van der Waals surface area contributed by atoms with Crippen molar-refractivity contribution in [3.63, 3.8) is 0 Å².